The van der Waals surface area contributed by atoms with Crippen molar-refractivity contribution in [3.05, 3.63) is 35.4 Å². The Labute approximate surface area is 142 Å². The van der Waals surface area contributed by atoms with Gasteiger partial charge in [-0.15, -0.1) is 0 Å². The Kier molecular flexibility index (Phi) is 4.43. The Morgan fingerprint density at radius 2 is 1.88 bits per heavy atom. The highest BCUT2D eigenvalue weighted by molar-refractivity contribution is 7.89. The van der Waals surface area contributed by atoms with E-state index < -0.39 is 10.0 Å². The van der Waals surface area contributed by atoms with Crippen LogP contribution in [0.5, 0.6) is 0 Å². The number of para-hydroxylation sites is 1. The molecule has 0 unspecified atom stereocenters. The zero-order valence-electron chi connectivity index (χ0n) is 13.9. The molecule has 24 heavy (non-hydrogen) atoms. The lowest BCUT2D eigenvalue weighted by atomic mass is 10.0. The Morgan fingerprint density at radius 3 is 2.50 bits per heavy atom. The van der Waals surface area contributed by atoms with Crippen molar-refractivity contribution in [2.75, 3.05) is 36.8 Å². The van der Waals surface area contributed by atoms with Crippen molar-refractivity contribution < 1.29 is 8.42 Å². The van der Waals surface area contributed by atoms with Gasteiger partial charge in [0.05, 0.1) is 16.8 Å². The van der Waals surface area contributed by atoms with Crippen molar-refractivity contribution in [3.8, 4) is 6.07 Å². The fourth-order valence-electron chi connectivity index (χ4n) is 3.08. The first-order valence-electron chi connectivity index (χ1n) is 8.00. The molecule has 1 saturated heterocycles. The highest BCUT2D eigenvalue weighted by Crippen LogP contribution is 2.28. The van der Waals surface area contributed by atoms with Crippen molar-refractivity contribution in [1.29, 1.82) is 5.26 Å². The number of aromatic nitrogens is 1. The standard InChI is InChI=1S/C17H20N4O2S/c1-3-24(22,23)21-10-8-20(9-11-21)17-15(12-18)13(2)14-6-4-5-7-16(14)19-17/h4-7H,3,8-11H2,1-2H3. The second-order valence-corrected chi connectivity index (χ2v) is 8.11. The van der Waals surface area contributed by atoms with E-state index in [0.717, 1.165) is 16.5 Å². The summed E-state index contributed by atoms with van der Waals surface area (Å²) in [5.74, 6) is 0.770. The molecule has 0 bridgehead atoms. The van der Waals surface area contributed by atoms with E-state index in [4.69, 9.17) is 0 Å². The number of nitriles is 1. The van der Waals surface area contributed by atoms with E-state index >= 15 is 0 Å². The molecule has 0 aliphatic carbocycles. The third kappa shape index (κ3) is 2.83. The molecule has 1 aliphatic rings. The van der Waals surface area contributed by atoms with Crippen molar-refractivity contribution in [3.63, 3.8) is 0 Å². The number of aryl methyl sites for hydroxylation is 1. The van der Waals surface area contributed by atoms with E-state index in [1.54, 1.807) is 6.92 Å². The maximum atomic E-state index is 12.0. The van der Waals surface area contributed by atoms with Crippen LogP contribution in [0.25, 0.3) is 10.9 Å². The number of benzene rings is 1. The minimum absolute atomic E-state index is 0.115. The maximum Gasteiger partial charge on any atom is 0.213 e. The van der Waals surface area contributed by atoms with Gasteiger partial charge in [-0.1, -0.05) is 18.2 Å². The lowest BCUT2D eigenvalue weighted by Gasteiger charge is -2.35. The first-order valence-corrected chi connectivity index (χ1v) is 9.61. The topological polar surface area (TPSA) is 77.3 Å². The van der Waals surface area contributed by atoms with Gasteiger partial charge in [0.25, 0.3) is 0 Å². The molecule has 7 heteroatoms. The Morgan fingerprint density at radius 1 is 1.21 bits per heavy atom. The summed E-state index contributed by atoms with van der Waals surface area (Å²) in [7, 11) is -3.16. The molecule has 1 fully saturated rings. The number of hydrogen-bond donors (Lipinski definition) is 0. The molecule has 0 N–H and O–H groups in total. The summed E-state index contributed by atoms with van der Waals surface area (Å²) < 4.78 is 25.5. The molecule has 0 atom stereocenters. The molecule has 0 saturated carbocycles. The van der Waals surface area contributed by atoms with Gasteiger partial charge in [0.15, 0.2) is 0 Å². The molecule has 3 rings (SSSR count). The van der Waals surface area contributed by atoms with E-state index in [9.17, 15) is 13.7 Å². The predicted molar refractivity (Wildman–Crippen MR) is 94.4 cm³/mol. The van der Waals surface area contributed by atoms with Gasteiger partial charge in [-0.05, 0) is 25.5 Å². The van der Waals surface area contributed by atoms with Crippen molar-refractivity contribution >= 4 is 26.7 Å². The molecule has 2 heterocycles. The Balaban J connectivity index is 1.95. The average Bonchev–Trinajstić information content (AvgIpc) is 2.62. The molecule has 1 aromatic heterocycles. The summed E-state index contributed by atoms with van der Waals surface area (Å²) >= 11 is 0. The number of nitrogens with zero attached hydrogens (tertiary/aromatic N) is 4. The fraction of sp³-hybridized carbons (Fsp3) is 0.412. The van der Waals surface area contributed by atoms with Gasteiger partial charge in [0.1, 0.15) is 11.9 Å². The average molecular weight is 344 g/mol. The minimum Gasteiger partial charge on any atom is -0.353 e. The first-order chi connectivity index (χ1) is 11.5. The lowest BCUT2D eigenvalue weighted by molar-refractivity contribution is 0.384. The van der Waals surface area contributed by atoms with Crippen LogP contribution >= 0.6 is 0 Å². The molecular formula is C17H20N4O2S. The van der Waals surface area contributed by atoms with Crippen LogP contribution in [0.15, 0.2) is 24.3 Å². The molecule has 6 nitrogen and oxygen atoms in total. The monoisotopic (exact) mass is 344 g/mol. The van der Waals surface area contributed by atoms with Crippen molar-refractivity contribution in [2.45, 2.75) is 13.8 Å². The maximum absolute atomic E-state index is 12.0. The van der Waals surface area contributed by atoms with Crippen LogP contribution in [0, 0.1) is 18.3 Å². The van der Waals surface area contributed by atoms with Gasteiger partial charge in [0.2, 0.25) is 10.0 Å². The lowest BCUT2D eigenvalue weighted by Crippen LogP contribution is -2.49. The molecule has 126 valence electrons. The van der Waals surface area contributed by atoms with Gasteiger partial charge in [0, 0.05) is 31.6 Å². The largest absolute Gasteiger partial charge is 0.353 e. The van der Waals surface area contributed by atoms with Crippen LogP contribution in [-0.4, -0.2) is 49.6 Å². The summed E-state index contributed by atoms with van der Waals surface area (Å²) in [6.07, 6.45) is 0. The zero-order valence-corrected chi connectivity index (χ0v) is 14.7. The van der Waals surface area contributed by atoms with E-state index in [-0.39, 0.29) is 5.75 Å². The SMILES string of the molecule is CCS(=O)(=O)N1CCN(c2nc3ccccc3c(C)c2C#N)CC1. The fourth-order valence-corrected chi connectivity index (χ4v) is 4.17. The Hall–Kier alpha value is -2.17. The number of anilines is 1. The number of rotatable bonds is 3. The van der Waals surface area contributed by atoms with E-state index in [1.807, 2.05) is 36.1 Å². The number of hydrogen-bond acceptors (Lipinski definition) is 5. The number of sulfonamides is 1. The molecule has 1 aliphatic heterocycles. The smallest absolute Gasteiger partial charge is 0.213 e. The summed E-state index contributed by atoms with van der Waals surface area (Å²) in [6.45, 7) is 5.52. The van der Waals surface area contributed by atoms with Crippen molar-refractivity contribution in [1.82, 2.24) is 9.29 Å². The Bertz CT molecular complexity index is 910. The van der Waals surface area contributed by atoms with Gasteiger partial charge < -0.3 is 4.90 Å². The molecule has 2 aromatic rings. The molecule has 0 amide bonds. The second kappa shape index (κ2) is 6.38. The van der Waals surface area contributed by atoms with Crippen LogP contribution in [0.4, 0.5) is 5.82 Å². The summed E-state index contributed by atoms with van der Waals surface area (Å²) in [5, 5.41) is 10.6. The first kappa shape index (κ1) is 16.7. The summed E-state index contributed by atoms with van der Waals surface area (Å²) in [4.78, 5) is 6.69. The van der Waals surface area contributed by atoms with Crippen LogP contribution in [0.2, 0.25) is 0 Å². The third-order valence-corrected chi connectivity index (χ3v) is 6.42. The van der Waals surface area contributed by atoms with Gasteiger partial charge >= 0.3 is 0 Å². The van der Waals surface area contributed by atoms with E-state index in [1.165, 1.54) is 4.31 Å². The molecular weight excluding hydrogens is 324 g/mol. The zero-order chi connectivity index (χ0) is 17.3. The second-order valence-electron chi connectivity index (χ2n) is 5.85. The summed E-state index contributed by atoms with van der Waals surface area (Å²) in [6, 6.07) is 10.0. The van der Waals surface area contributed by atoms with Gasteiger partial charge in [-0.2, -0.15) is 9.57 Å². The highest BCUT2D eigenvalue weighted by atomic mass is 32.2. The van der Waals surface area contributed by atoms with Gasteiger partial charge in [-0.25, -0.2) is 13.4 Å². The van der Waals surface area contributed by atoms with Crippen molar-refractivity contribution in [2.24, 2.45) is 0 Å². The molecule has 0 radical (unpaired) electrons. The predicted octanol–water partition coefficient (Wildman–Crippen LogP) is 1.89. The quantitative estimate of drug-likeness (QED) is 0.850. The number of pyridine rings is 1. The molecule has 1 aromatic carbocycles. The third-order valence-electron chi connectivity index (χ3n) is 4.54. The molecule has 0 spiro atoms. The van der Waals surface area contributed by atoms with Crippen LogP contribution in [0.1, 0.15) is 18.1 Å². The van der Waals surface area contributed by atoms with E-state index in [2.05, 4.69) is 11.1 Å². The minimum atomic E-state index is -3.16. The number of fused-ring (bicyclic) bond motifs is 1. The van der Waals surface area contributed by atoms with Crippen LogP contribution in [0.3, 0.4) is 0 Å². The normalized spacial score (nSPS) is 16.3. The van der Waals surface area contributed by atoms with Crippen LogP contribution in [-0.2, 0) is 10.0 Å². The van der Waals surface area contributed by atoms with Gasteiger partial charge in [-0.3, -0.25) is 0 Å². The van der Waals surface area contributed by atoms with E-state index in [0.29, 0.717) is 37.6 Å². The highest BCUT2D eigenvalue weighted by Gasteiger charge is 2.27. The summed E-state index contributed by atoms with van der Waals surface area (Å²) in [5.41, 5.74) is 2.34. The van der Waals surface area contributed by atoms with Crippen LogP contribution < -0.4 is 4.90 Å². The number of piperazine rings is 1.